The molecule has 0 aromatic carbocycles. The van der Waals surface area contributed by atoms with E-state index in [1.807, 2.05) is 11.8 Å². The third kappa shape index (κ3) is 6.69. The molecular formula is C13H24N4S. The topological polar surface area (TPSA) is 49.8 Å². The number of hydrogen-bond acceptors (Lipinski definition) is 5. The zero-order valence-corrected chi connectivity index (χ0v) is 12.2. The molecule has 0 aliphatic carbocycles. The molecule has 0 aliphatic heterocycles. The van der Waals surface area contributed by atoms with Gasteiger partial charge in [0.2, 0.25) is 0 Å². The Balaban J connectivity index is 2.13. The van der Waals surface area contributed by atoms with Gasteiger partial charge in [0.1, 0.15) is 11.6 Å². The predicted molar refractivity (Wildman–Crippen MR) is 81.5 cm³/mol. The van der Waals surface area contributed by atoms with Gasteiger partial charge in [-0.25, -0.2) is 4.98 Å². The first-order chi connectivity index (χ1) is 8.86. The van der Waals surface area contributed by atoms with Crippen molar-refractivity contribution in [1.82, 2.24) is 9.97 Å². The molecule has 0 aliphatic rings. The Morgan fingerprint density at radius 2 is 1.78 bits per heavy atom. The SMILES string of the molecule is CCNc1cncc(NCCCCCCSC)n1. The van der Waals surface area contributed by atoms with Crippen molar-refractivity contribution in [3.63, 3.8) is 0 Å². The van der Waals surface area contributed by atoms with Crippen molar-refractivity contribution in [2.24, 2.45) is 0 Å². The molecule has 18 heavy (non-hydrogen) atoms. The summed E-state index contributed by atoms with van der Waals surface area (Å²) in [6.07, 6.45) is 10.8. The fraction of sp³-hybridized carbons (Fsp3) is 0.692. The average Bonchev–Trinajstić information content (AvgIpc) is 2.39. The van der Waals surface area contributed by atoms with E-state index in [-0.39, 0.29) is 0 Å². The van der Waals surface area contributed by atoms with Gasteiger partial charge < -0.3 is 10.6 Å². The van der Waals surface area contributed by atoms with Crippen LogP contribution in [0.1, 0.15) is 32.6 Å². The van der Waals surface area contributed by atoms with Crippen molar-refractivity contribution in [3.8, 4) is 0 Å². The molecule has 0 saturated carbocycles. The van der Waals surface area contributed by atoms with Gasteiger partial charge in [-0.2, -0.15) is 11.8 Å². The molecule has 0 amide bonds. The van der Waals surface area contributed by atoms with Crippen LogP contribution in [0.2, 0.25) is 0 Å². The second kappa shape index (κ2) is 10.00. The standard InChI is InChI=1S/C13H24N4S/c1-3-15-12-10-14-11-13(17-12)16-8-6-4-5-7-9-18-2/h10-11H,3-9H2,1-2H3,(H2,15,16,17). The van der Waals surface area contributed by atoms with Gasteiger partial charge in [0, 0.05) is 13.1 Å². The third-order valence-electron chi connectivity index (χ3n) is 2.57. The number of aromatic nitrogens is 2. The van der Waals surface area contributed by atoms with E-state index in [1.165, 1.54) is 31.4 Å². The molecule has 1 rings (SSSR count). The van der Waals surface area contributed by atoms with E-state index < -0.39 is 0 Å². The van der Waals surface area contributed by atoms with Gasteiger partial charge in [0.25, 0.3) is 0 Å². The van der Waals surface area contributed by atoms with E-state index >= 15 is 0 Å². The second-order valence-corrected chi connectivity index (χ2v) is 5.14. The lowest BCUT2D eigenvalue weighted by Gasteiger charge is -2.07. The van der Waals surface area contributed by atoms with Crippen LogP contribution in [-0.2, 0) is 0 Å². The van der Waals surface area contributed by atoms with Gasteiger partial charge in [0.15, 0.2) is 0 Å². The highest BCUT2D eigenvalue weighted by molar-refractivity contribution is 7.98. The van der Waals surface area contributed by atoms with Crippen molar-refractivity contribution in [2.75, 3.05) is 35.7 Å². The van der Waals surface area contributed by atoms with Gasteiger partial charge in [-0.3, -0.25) is 4.98 Å². The van der Waals surface area contributed by atoms with Crippen LogP contribution in [0.3, 0.4) is 0 Å². The van der Waals surface area contributed by atoms with Gasteiger partial charge in [0.05, 0.1) is 12.4 Å². The quantitative estimate of drug-likeness (QED) is 0.638. The highest BCUT2D eigenvalue weighted by Crippen LogP contribution is 2.08. The summed E-state index contributed by atoms with van der Waals surface area (Å²) in [5.41, 5.74) is 0. The molecule has 102 valence electrons. The molecular weight excluding hydrogens is 244 g/mol. The van der Waals surface area contributed by atoms with E-state index in [4.69, 9.17) is 0 Å². The van der Waals surface area contributed by atoms with Crippen molar-refractivity contribution in [2.45, 2.75) is 32.6 Å². The summed E-state index contributed by atoms with van der Waals surface area (Å²) in [5, 5.41) is 6.47. The molecule has 2 N–H and O–H groups in total. The van der Waals surface area contributed by atoms with Crippen molar-refractivity contribution in [3.05, 3.63) is 12.4 Å². The highest BCUT2D eigenvalue weighted by Gasteiger charge is 1.97. The number of thioether (sulfide) groups is 1. The van der Waals surface area contributed by atoms with Crippen LogP contribution in [0, 0.1) is 0 Å². The van der Waals surface area contributed by atoms with Gasteiger partial charge >= 0.3 is 0 Å². The summed E-state index contributed by atoms with van der Waals surface area (Å²) in [4.78, 5) is 8.57. The number of nitrogens with one attached hydrogen (secondary N) is 2. The minimum atomic E-state index is 0.836. The Kier molecular flexibility index (Phi) is 8.38. The molecule has 1 aromatic rings. The number of rotatable bonds is 10. The number of unbranched alkanes of at least 4 members (excludes halogenated alkanes) is 3. The molecule has 1 heterocycles. The summed E-state index contributed by atoms with van der Waals surface area (Å²) >= 11 is 1.93. The van der Waals surface area contributed by atoms with Crippen molar-refractivity contribution in [1.29, 1.82) is 0 Å². The Morgan fingerprint density at radius 3 is 2.50 bits per heavy atom. The molecule has 1 aromatic heterocycles. The molecule has 0 unspecified atom stereocenters. The lowest BCUT2D eigenvalue weighted by atomic mass is 10.2. The third-order valence-corrected chi connectivity index (χ3v) is 3.27. The van der Waals surface area contributed by atoms with E-state index in [0.717, 1.165) is 24.7 Å². The van der Waals surface area contributed by atoms with Crippen LogP contribution in [0.5, 0.6) is 0 Å². The summed E-state index contributed by atoms with van der Waals surface area (Å²) in [5.74, 6) is 2.98. The molecule has 0 fully saturated rings. The molecule has 5 heteroatoms. The van der Waals surface area contributed by atoms with Crippen molar-refractivity contribution < 1.29 is 0 Å². The van der Waals surface area contributed by atoms with Gasteiger partial charge in [-0.1, -0.05) is 12.8 Å². The summed E-state index contributed by atoms with van der Waals surface area (Å²) < 4.78 is 0. The van der Waals surface area contributed by atoms with Crippen LogP contribution < -0.4 is 10.6 Å². The van der Waals surface area contributed by atoms with Gasteiger partial charge in [-0.15, -0.1) is 0 Å². The largest absolute Gasteiger partial charge is 0.369 e. The first kappa shape index (κ1) is 15.1. The van der Waals surface area contributed by atoms with E-state index in [1.54, 1.807) is 12.4 Å². The van der Waals surface area contributed by atoms with Gasteiger partial charge in [-0.05, 0) is 31.8 Å². The monoisotopic (exact) mass is 268 g/mol. The Morgan fingerprint density at radius 1 is 1.06 bits per heavy atom. The van der Waals surface area contributed by atoms with E-state index in [0.29, 0.717) is 0 Å². The molecule has 0 atom stereocenters. The molecule has 0 saturated heterocycles. The minimum absolute atomic E-state index is 0.836. The average molecular weight is 268 g/mol. The highest BCUT2D eigenvalue weighted by atomic mass is 32.2. The zero-order valence-electron chi connectivity index (χ0n) is 11.4. The lowest BCUT2D eigenvalue weighted by molar-refractivity contribution is 0.688. The summed E-state index contributed by atoms with van der Waals surface area (Å²) in [7, 11) is 0. The van der Waals surface area contributed by atoms with Crippen LogP contribution in [0.25, 0.3) is 0 Å². The maximum absolute atomic E-state index is 4.42. The smallest absolute Gasteiger partial charge is 0.146 e. The van der Waals surface area contributed by atoms with Crippen LogP contribution in [-0.4, -0.2) is 35.1 Å². The maximum atomic E-state index is 4.42. The Bertz CT molecular complexity index is 320. The normalized spacial score (nSPS) is 10.3. The summed E-state index contributed by atoms with van der Waals surface area (Å²) in [6, 6.07) is 0. The fourth-order valence-corrected chi connectivity index (χ4v) is 2.15. The first-order valence-corrected chi connectivity index (χ1v) is 8.05. The molecule has 0 radical (unpaired) electrons. The van der Waals surface area contributed by atoms with E-state index in [2.05, 4.69) is 33.8 Å². The molecule has 0 bridgehead atoms. The second-order valence-electron chi connectivity index (χ2n) is 4.15. The van der Waals surface area contributed by atoms with E-state index in [9.17, 15) is 0 Å². The number of nitrogens with zero attached hydrogens (tertiary/aromatic N) is 2. The lowest BCUT2D eigenvalue weighted by Crippen LogP contribution is -2.06. The van der Waals surface area contributed by atoms with Crippen molar-refractivity contribution >= 4 is 23.4 Å². The van der Waals surface area contributed by atoms with Crippen LogP contribution in [0.15, 0.2) is 12.4 Å². The maximum Gasteiger partial charge on any atom is 0.146 e. The zero-order chi connectivity index (χ0) is 13.1. The van der Waals surface area contributed by atoms with Crippen LogP contribution in [0.4, 0.5) is 11.6 Å². The number of hydrogen-bond donors (Lipinski definition) is 2. The summed E-state index contributed by atoms with van der Waals surface area (Å²) in [6.45, 7) is 3.90. The Labute approximate surface area is 114 Å². The fourth-order valence-electron chi connectivity index (χ4n) is 1.66. The molecule has 4 nitrogen and oxygen atoms in total. The predicted octanol–water partition coefficient (Wildman–Crippen LogP) is 3.24. The Hall–Kier alpha value is -0.970. The first-order valence-electron chi connectivity index (χ1n) is 6.65. The van der Waals surface area contributed by atoms with Crippen LogP contribution >= 0.6 is 11.8 Å². The number of anilines is 2. The molecule has 0 spiro atoms. The minimum Gasteiger partial charge on any atom is -0.369 e.